The minimum atomic E-state index is -0.119. The lowest BCUT2D eigenvalue weighted by molar-refractivity contribution is 0.154. The van der Waals surface area contributed by atoms with Gasteiger partial charge in [-0.15, -0.1) is 0 Å². The van der Waals surface area contributed by atoms with E-state index in [-0.39, 0.29) is 17.6 Å². The van der Waals surface area contributed by atoms with Crippen molar-refractivity contribution >= 4 is 16.6 Å². The molecule has 1 saturated carbocycles. The second kappa shape index (κ2) is 6.25. The number of anilines is 1. The number of methoxy groups -OCH3 is 2. The molecule has 1 saturated heterocycles. The molecule has 27 heavy (non-hydrogen) atoms. The Morgan fingerprint density at radius 1 is 1.22 bits per heavy atom. The largest absolute Gasteiger partial charge is 0.495 e. The molecule has 140 valence electrons. The molecule has 6 heteroatoms. The molecule has 1 aliphatic carbocycles. The van der Waals surface area contributed by atoms with Crippen molar-refractivity contribution in [2.24, 2.45) is 0 Å². The molecule has 1 spiro atoms. The third-order valence-corrected chi connectivity index (χ3v) is 6.10. The Kier molecular flexibility index (Phi) is 3.84. The molecule has 1 aromatic carbocycles. The van der Waals surface area contributed by atoms with E-state index >= 15 is 0 Å². The first-order valence-corrected chi connectivity index (χ1v) is 9.36. The van der Waals surface area contributed by atoms with Gasteiger partial charge in [0.15, 0.2) is 0 Å². The second-order valence-corrected chi connectivity index (χ2v) is 7.33. The Morgan fingerprint density at radius 2 is 2.11 bits per heavy atom. The van der Waals surface area contributed by atoms with Crippen LogP contribution in [0.3, 0.4) is 0 Å². The zero-order valence-corrected chi connectivity index (χ0v) is 15.6. The van der Waals surface area contributed by atoms with Gasteiger partial charge in [-0.2, -0.15) is 0 Å². The fourth-order valence-corrected chi connectivity index (χ4v) is 4.87. The van der Waals surface area contributed by atoms with Gasteiger partial charge in [-0.25, -0.2) is 0 Å². The number of aromatic nitrogens is 2. The van der Waals surface area contributed by atoms with Gasteiger partial charge in [0, 0.05) is 55.8 Å². The summed E-state index contributed by atoms with van der Waals surface area (Å²) in [6.45, 7) is 2.73. The third-order valence-electron chi connectivity index (χ3n) is 6.10. The number of hydrogen-bond donors (Lipinski definition) is 2. The highest BCUT2D eigenvalue weighted by Gasteiger charge is 2.70. The normalized spacial score (nSPS) is 27.3. The van der Waals surface area contributed by atoms with Crippen molar-refractivity contribution in [1.82, 2.24) is 15.3 Å². The number of rotatable bonds is 4. The van der Waals surface area contributed by atoms with Crippen LogP contribution in [-0.2, 0) is 4.74 Å². The van der Waals surface area contributed by atoms with Gasteiger partial charge in [-0.3, -0.25) is 4.98 Å². The van der Waals surface area contributed by atoms with E-state index in [0.717, 1.165) is 31.1 Å². The number of nitrogens with zero attached hydrogens (tertiary/aromatic N) is 2. The quantitative estimate of drug-likeness (QED) is 0.745. The zero-order chi connectivity index (χ0) is 18.4. The Bertz CT molecular complexity index is 971. The Labute approximate surface area is 158 Å². The molecule has 1 aliphatic heterocycles. The van der Waals surface area contributed by atoms with Crippen LogP contribution in [0.1, 0.15) is 11.5 Å². The summed E-state index contributed by atoms with van der Waals surface area (Å²) in [4.78, 5) is 10.3. The number of H-pyrrole nitrogens is 1. The van der Waals surface area contributed by atoms with Crippen LogP contribution < -0.4 is 15.0 Å². The summed E-state index contributed by atoms with van der Waals surface area (Å²) in [6, 6.07) is 10.5. The number of ether oxygens (including phenoxy) is 2. The highest BCUT2D eigenvalue weighted by Crippen LogP contribution is 2.59. The first-order valence-electron chi connectivity index (χ1n) is 9.36. The number of nitrogens with one attached hydrogen (secondary N) is 2. The smallest absolute Gasteiger partial charge is 0.139 e. The predicted octanol–water partition coefficient (Wildman–Crippen LogP) is 2.53. The predicted molar refractivity (Wildman–Crippen MR) is 106 cm³/mol. The van der Waals surface area contributed by atoms with Gasteiger partial charge in [-0.05, 0) is 11.6 Å². The molecule has 2 aliphatic rings. The molecule has 5 rings (SSSR count). The highest BCUT2D eigenvalue weighted by molar-refractivity contribution is 5.85. The third kappa shape index (κ3) is 2.37. The number of benzene rings is 1. The van der Waals surface area contributed by atoms with Crippen molar-refractivity contribution in [3.05, 3.63) is 54.5 Å². The van der Waals surface area contributed by atoms with Crippen molar-refractivity contribution in [2.75, 3.05) is 38.8 Å². The van der Waals surface area contributed by atoms with E-state index in [9.17, 15) is 0 Å². The number of piperazine rings is 1. The van der Waals surface area contributed by atoms with Gasteiger partial charge in [-0.1, -0.05) is 18.2 Å². The van der Waals surface area contributed by atoms with Gasteiger partial charge in [0.05, 0.1) is 36.8 Å². The summed E-state index contributed by atoms with van der Waals surface area (Å²) >= 11 is 0. The van der Waals surface area contributed by atoms with Gasteiger partial charge < -0.3 is 24.7 Å². The topological polar surface area (TPSA) is 62.4 Å². The van der Waals surface area contributed by atoms with Crippen molar-refractivity contribution in [3.8, 4) is 5.75 Å². The van der Waals surface area contributed by atoms with Crippen LogP contribution in [-0.4, -0.2) is 55.5 Å². The second-order valence-electron chi connectivity index (χ2n) is 7.33. The van der Waals surface area contributed by atoms with Crippen LogP contribution >= 0.6 is 0 Å². The molecule has 0 bridgehead atoms. The molecule has 2 fully saturated rings. The molecule has 3 atom stereocenters. The molecular formula is C21H24N4O2. The number of fused-ring (bicyclic) bond motifs is 1. The first kappa shape index (κ1) is 16.6. The number of para-hydroxylation sites is 1. The maximum absolute atomic E-state index is 6.00. The Balaban J connectivity index is 1.59. The minimum absolute atomic E-state index is 0.119. The summed E-state index contributed by atoms with van der Waals surface area (Å²) in [5.74, 6) is 1.07. The molecular weight excluding hydrogens is 340 g/mol. The lowest BCUT2D eigenvalue weighted by atomic mass is 10.0. The maximum atomic E-state index is 6.00. The maximum Gasteiger partial charge on any atom is 0.139 e. The standard InChI is InChI=1S/C21H24N4O2/c1-26-15-9-14(10-23-11-15)25-8-7-22-13-21(25)19(20(21)27-2)17-12-24-18-6-4-3-5-16(17)18/h3-6,9-12,19-20,22,24H,7-8,13H2,1-2H3. The molecule has 3 unspecified atom stereocenters. The molecule has 2 aromatic heterocycles. The van der Waals surface area contributed by atoms with E-state index < -0.39 is 0 Å². The number of aromatic amines is 1. The molecule has 2 N–H and O–H groups in total. The fraction of sp³-hybridized carbons (Fsp3) is 0.381. The van der Waals surface area contributed by atoms with Crippen LogP contribution in [0.25, 0.3) is 10.9 Å². The van der Waals surface area contributed by atoms with Crippen LogP contribution in [0.15, 0.2) is 48.9 Å². The average Bonchev–Trinajstić information content (AvgIpc) is 3.14. The van der Waals surface area contributed by atoms with E-state index in [1.165, 1.54) is 16.5 Å². The molecule has 6 nitrogen and oxygen atoms in total. The van der Waals surface area contributed by atoms with E-state index in [1.54, 1.807) is 13.3 Å². The summed E-state index contributed by atoms with van der Waals surface area (Å²) in [5, 5.41) is 4.86. The van der Waals surface area contributed by atoms with Gasteiger partial charge in [0.25, 0.3) is 0 Å². The van der Waals surface area contributed by atoms with Crippen molar-refractivity contribution in [1.29, 1.82) is 0 Å². The summed E-state index contributed by atoms with van der Waals surface area (Å²) < 4.78 is 11.4. The van der Waals surface area contributed by atoms with Gasteiger partial charge in [0.2, 0.25) is 0 Å². The van der Waals surface area contributed by atoms with E-state index in [0.29, 0.717) is 0 Å². The number of pyridine rings is 1. The molecule has 3 aromatic rings. The monoisotopic (exact) mass is 364 g/mol. The van der Waals surface area contributed by atoms with Crippen LogP contribution in [0.2, 0.25) is 0 Å². The lowest BCUT2D eigenvalue weighted by Crippen LogP contribution is -2.56. The molecule has 0 radical (unpaired) electrons. The molecule has 0 amide bonds. The van der Waals surface area contributed by atoms with Crippen molar-refractivity contribution < 1.29 is 9.47 Å². The first-order chi connectivity index (χ1) is 13.3. The summed E-state index contributed by atoms with van der Waals surface area (Å²) in [7, 11) is 3.50. The Morgan fingerprint density at radius 3 is 2.96 bits per heavy atom. The van der Waals surface area contributed by atoms with E-state index in [1.807, 2.05) is 13.3 Å². The van der Waals surface area contributed by atoms with Crippen molar-refractivity contribution in [3.63, 3.8) is 0 Å². The summed E-state index contributed by atoms with van der Waals surface area (Å²) in [5.41, 5.74) is 3.46. The average molecular weight is 364 g/mol. The minimum Gasteiger partial charge on any atom is -0.495 e. The van der Waals surface area contributed by atoms with E-state index in [4.69, 9.17) is 9.47 Å². The Hall–Kier alpha value is -2.57. The fourth-order valence-electron chi connectivity index (χ4n) is 4.87. The number of hydrogen-bond acceptors (Lipinski definition) is 5. The van der Waals surface area contributed by atoms with Gasteiger partial charge in [0.1, 0.15) is 5.75 Å². The van der Waals surface area contributed by atoms with E-state index in [2.05, 4.69) is 56.7 Å². The highest BCUT2D eigenvalue weighted by atomic mass is 16.5. The van der Waals surface area contributed by atoms with Gasteiger partial charge >= 0.3 is 0 Å². The summed E-state index contributed by atoms with van der Waals surface area (Å²) in [6.07, 6.45) is 5.94. The van der Waals surface area contributed by atoms with Crippen LogP contribution in [0.4, 0.5) is 5.69 Å². The van der Waals surface area contributed by atoms with Crippen molar-refractivity contribution in [2.45, 2.75) is 17.6 Å². The SMILES string of the molecule is COc1cncc(N2CCNCC23C(OC)C3c2c[nH]c3ccccc23)c1. The molecule has 3 heterocycles. The lowest BCUT2D eigenvalue weighted by Gasteiger charge is -2.39. The van der Waals surface area contributed by atoms with Crippen LogP contribution in [0.5, 0.6) is 5.75 Å². The zero-order valence-electron chi connectivity index (χ0n) is 15.6. The van der Waals surface area contributed by atoms with Crippen LogP contribution in [0, 0.1) is 0 Å².